The van der Waals surface area contributed by atoms with E-state index in [0.717, 1.165) is 40.3 Å². The van der Waals surface area contributed by atoms with Crippen molar-refractivity contribution >= 4 is 22.0 Å². The van der Waals surface area contributed by atoms with Gasteiger partial charge in [-0.1, -0.05) is 72.1 Å². The van der Waals surface area contributed by atoms with E-state index in [2.05, 4.69) is 59.3 Å². The maximum absolute atomic E-state index is 4.14. The molecular formula is C24H31Br. The molecule has 134 valence electrons. The summed E-state index contributed by atoms with van der Waals surface area (Å²) in [7, 11) is 0. The summed E-state index contributed by atoms with van der Waals surface area (Å²) in [5.74, 6) is 6.51. The van der Waals surface area contributed by atoms with Gasteiger partial charge in [-0.2, -0.15) is 0 Å². The van der Waals surface area contributed by atoms with Gasteiger partial charge in [0.05, 0.1) is 0 Å². The summed E-state index contributed by atoms with van der Waals surface area (Å²) >= 11 is 4.14. The predicted octanol–water partition coefficient (Wildman–Crippen LogP) is 7.05. The lowest BCUT2D eigenvalue weighted by Gasteiger charge is -2.47. The monoisotopic (exact) mass is 398 g/mol. The Labute approximate surface area is 161 Å². The van der Waals surface area contributed by atoms with E-state index >= 15 is 0 Å². The van der Waals surface area contributed by atoms with Gasteiger partial charge in [-0.15, -0.1) is 0 Å². The van der Waals surface area contributed by atoms with Crippen molar-refractivity contribution < 1.29 is 0 Å². The standard InChI is InChI=1S/C24H31Br/c1-15-12-22-19-8-4-5-9-20(19)24(25)14-23(22)21(15)13-17-11-10-16-6-2-3-7-18(16)17/h2-3,6-7,10-11,15,17,19-24H,4-5,8-9,12-14H2,1H3. The van der Waals surface area contributed by atoms with E-state index in [0.29, 0.717) is 5.92 Å². The van der Waals surface area contributed by atoms with Gasteiger partial charge in [0, 0.05) is 10.7 Å². The number of benzene rings is 1. The number of rotatable bonds is 2. The SMILES string of the molecule is CC1CC2C(CC(Br)C3CCCCC32)C1CC1C=Cc2ccccc21. The Kier molecular flexibility index (Phi) is 4.35. The Hall–Kier alpha value is -0.560. The van der Waals surface area contributed by atoms with Crippen molar-refractivity contribution in [1.82, 2.24) is 0 Å². The van der Waals surface area contributed by atoms with Crippen molar-refractivity contribution in [3.8, 4) is 0 Å². The summed E-state index contributed by atoms with van der Waals surface area (Å²) in [5.41, 5.74) is 3.05. The Morgan fingerprint density at radius 2 is 1.76 bits per heavy atom. The number of hydrogen-bond acceptors (Lipinski definition) is 0. The summed E-state index contributed by atoms with van der Waals surface area (Å²) in [6.45, 7) is 2.56. The lowest BCUT2D eigenvalue weighted by Crippen LogP contribution is -2.41. The highest BCUT2D eigenvalue weighted by atomic mass is 79.9. The van der Waals surface area contributed by atoms with Crippen LogP contribution in [0.15, 0.2) is 30.3 Å². The molecule has 0 aliphatic heterocycles. The molecule has 1 aromatic carbocycles. The largest absolute Gasteiger partial charge is 0.0887 e. The maximum Gasteiger partial charge on any atom is 0.0179 e. The van der Waals surface area contributed by atoms with Crippen LogP contribution >= 0.6 is 15.9 Å². The van der Waals surface area contributed by atoms with Crippen LogP contribution in [0.5, 0.6) is 0 Å². The van der Waals surface area contributed by atoms with Gasteiger partial charge in [0.1, 0.15) is 0 Å². The van der Waals surface area contributed by atoms with Gasteiger partial charge in [-0.05, 0) is 78.7 Å². The number of allylic oxidation sites excluding steroid dienone is 1. The lowest BCUT2D eigenvalue weighted by molar-refractivity contribution is 0.0643. The van der Waals surface area contributed by atoms with Crippen molar-refractivity contribution in [2.75, 3.05) is 0 Å². The fraction of sp³-hybridized carbons (Fsp3) is 0.667. The Morgan fingerprint density at radius 3 is 2.64 bits per heavy atom. The molecule has 1 aromatic rings. The first-order valence-electron chi connectivity index (χ1n) is 10.6. The van der Waals surface area contributed by atoms with Crippen LogP contribution in [-0.4, -0.2) is 4.83 Å². The van der Waals surface area contributed by atoms with Crippen LogP contribution in [0.4, 0.5) is 0 Å². The van der Waals surface area contributed by atoms with Crippen molar-refractivity contribution in [3.63, 3.8) is 0 Å². The molecule has 4 aliphatic carbocycles. The molecule has 0 radical (unpaired) electrons. The zero-order valence-electron chi connectivity index (χ0n) is 15.4. The van der Waals surface area contributed by atoms with E-state index in [4.69, 9.17) is 0 Å². The first-order valence-corrected chi connectivity index (χ1v) is 11.5. The average molecular weight is 399 g/mol. The zero-order valence-corrected chi connectivity index (χ0v) is 17.0. The van der Waals surface area contributed by atoms with E-state index in [1.807, 2.05) is 0 Å². The molecule has 0 bridgehead atoms. The normalized spacial score (nSPS) is 45.0. The van der Waals surface area contributed by atoms with Crippen molar-refractivity contribution in [2.45, 2.75) is 62.6 Å². The van der Waals surface area contributed by atoms with Crippen LogP contribution in [0.3, 0.4) is 0 Å². The number of hydrogen-bond donors (Lipinski definition) is 0. The number of halogens is 1. The van der Waals surface area contributed by atoms with Gasteiger partial charge in [-0.25, -0.2) is 0 Å². The summed E-state index contributed by atoms with van der Waals surface area (Å²) < 4.78 is 0. The summed E-state index contributed by atoms with van der Waals surface area (Å²) in [4.78, 5) is 0.790. The molecule has 3 saturated carbocycles. The predicted molar refractivity (Wildman–Crippen MR) is 110 cm³/mol. The molecule has 3 fully saturated rings. The quantitative estimate of drug-likeness (QED) is 0.468. The minimum Gasteiger partial charge on any atom is -0.0887 e. The fourth-order valence-electron chi connectivity index (χ4n) is 7.19. The third-order valence-corrected chi connectivity index (χ3v) is 9.34. The molecule has 5 rings (SSSR count). The lowest BCUT2D eigenvalue weighted by atomic mass is 9.61. The van der Waals surface area contributed by atoms with Gasteiger partial charge in [0.25, 0.3) is 0 Å². The van der Waals surface area contributed by atoms with E-state index < -0.39 is 0 Å². The minimum atomic E-state index is 0.667. The van der Waals surface area contributed by atoms with E-state index in [-0.39, 0.29) is 0 Å². The molecule has 25 heavy (non-hydrogen) atoms. The molecule has 0 nitrogen and oxygen atoms in total. The molecule has 0 saturated heterocycles. The second-order valence-corrected chi connectivity index (χ2v) is 10.6. The first-order chi connectivity index (χ1) is 12.2. The van der Waals surface area contributed by atoms with Gasteiger partial charge < -0.3 is 0 Å². The zero-order chi connectivity index (χ0) is 17.0. The van der Waals surface area contributed by atoms with Crippen molar-refractivity contribution in [2.24, 2.45) is 35.5 Å². The highest BCUT2D eigenvalue weighted by molar-refractivity contribution is 9.09. The smallest absolute Gasteiger partial charge is 0.0179 e. The van der Waals surface area contributed by atoms with Gasteiger partial charge in [0.2, 0.25) is 0 Å². The maximum atomic E-state index is 4.14. The highest BCUT2D eigenvalue weighted by Gasteiger charge is 2.52. The van der Waals surface area contributed by atoms with Crippen LogP contribution < -0.4 is 0 Å². The molecule has 0 aromatic heterocycles. The molecular weight excluding hydrogens is 368 g/mol. The summed E-state index contributed by atoms with van der Waals surface area (Å²) in [6.07, 6.45) is 15.2. The average Bonchev–Trinajstić information content (AvgIpc) is 3.18. The molecule has 0 amide bonds. The number of fused-ring (bicyclic) bond motifs is 4. The van der Waals surface area contributed by atoms with Crippen molar-refractivity contribution in [1.29, 1.82) is 0 Å². The topological polar surface area (TPSA) is 0 Å². The van der Waals surface area contributed by atoms with Crippen LogP contribution in [0.2, 0.25) is 0 Å². The molecule has 8 atom stereocenters. The van der Waals surface area contributed by atoms with E-state index in [1.165, 1.54) is 50.5 Å². The van der Waals surface area contributed by atoms with Crippen LogP contribution in [0, 0.1) is 35.5 Å². The van der Waals surface area contributed by atoms with Gasteiger partial charge in [-0.3, -0.25) is 0 Å². The molecule has 1 heteroatoms. The van der Waals surface area contributed by atoms with Gasteiger partial charge in [0.15, 0.2) is 0 Å². The third-order valence-electron chi connectivity index (χ3n) is 8.29. The Balaban J connectivity index is 1.37. The molecule has 0 N–H and O–H groups in total. The number of alkyl halides is 1. The second kappa shape index (κ2) is 6.55. The Bertz CT molecular complexity index is 662. The van der Waals surface area contributed by atoms with Gasteiger partial charge >= 0.3 is 0 Å². The van der Waals surface area contributed by atoms with E-state index in [9.17, 15) is 0 Å². The van der Waals surface area contributed by atoms with Crippen molar-refractivity contribution in [3.05, 3.63) is 41.5 Å². The Morgan fingerprint density at radius 1 is 0.960 bits per heavy atom. The van der Waals surface area contributed by atoms with Crippen LogP contribution in [0.1, 0.15) is 68.9 Å². The molecule has 0 spiro atoms. The van der Waals surface area contributed by atoms with Crippen LogP contribution in [-0.2, 0) is 0 Å². The fourth-order valence-corrected chi connectivity index (χ4v) is 8.28. The first kappa shape index (κ1) is 16.6. The summed E-state index contributed by atoms with van der Waals surface area (Å²) in [6, 6.07) is 9.05. The third kappa shape index (κ3) is 2.76. The van der Waals surface area contributed by atoms with Crippen LogP contribution in [0.25, 0.3) is 6.08 Å². The minimum absolute atomic E-state index is 0.667. The molecule has 8 unspecified atom stereocenters. The second-order valence-electron chi connectivity index (χ2n) is 9.40. The molecule has 0 heterocycles. The summed E-state index contributed by atoms with van der Waals surface area (Å²) in [5, 5.41) is 0. The highest BCUT2D eigenvalue weighted by Crippen LogP contribution is 2.59. The van der Waals surface area contributed by atoms with E-state index in [1.54, 1.807) is 5.56 Å². The molecule has 4 aliphatic rings.